The van der Waals surface area contributed by atoms with Crippen molar-refractivity contribution >= 4 is 28.4 Å². The van der Waals surface area contributed by atoms with Crippen LogP contribution in [0.1, 0.15) is 24.1 Å². The van der Waals surface area contributed by atoms with Crippen molar-refractivity contribution in [1.29, 1.82) is 0 Å². The highest BCUT2D eigenvalue weighted by Crippen LogP contribution is 2.32. The maximum absolute atomic E-state index is 11.8. The summed E-state index contributed by atoms with van der Waals surface area (Å²) in [4.78, 5) is 32.3. The highest BCUT2D eigenvalue weighted by atomic mass is 16.2. The van der Waals surface area contributed by atoms with Crippen molar-refractivity contribution < 1.29 is 4.79 Å². The van der Waals surface area contributed by atoms with Crippen LogP contribution in [-0.2, 0) is 18.3 Å². The zero-order chi connectivity index (χ0) is 20.5. The zero-order valence-corrected chi connectivity index (χ0v) is 16.8. The Morgan fingerprint density at radius 2 is 2.07 bits per heavy atom. The number of carbonyl (C=O) groups is 1. The van der Waals surface area contributed by atoms with Gasteiger partial charge >= 0.3 is 5.91 Å². The van der Waals surface area contributed by atoms with Crippen LogP contribution in [0.3, 0.4) is 0 Å². The van der Waals surface area contributed by atoms with E-state index in [2.05, 4.69) is 37.7 Å². The minimum absolute atomic E-state index is 0.0713. The van der Waals surface area contributed by atoms with Crippen molar-refractivity contribution in [3.8, 4) is 0 Å². The predicted molar refractivity (Wildman–Crippen MR) is 111 cm³/mol. The van der Waals surface area contributed by atoms with E-state index in [1.54, 1.807) is 17.4 Å². The van der Waals surface area contributed by atoms with Crippen LogP contribution in [0.5, 0.6) is 0 Å². The van der Waals surface area contributed by atoms with Gasteiger partial charge in [-0.3, -0.25) is 9.78 Å². The number of carbonyl (C=O) groups excluding carboxylic acids is 1. The summed E-state index contributed by atoms with van der Waals surface area (Å²) in [6, 6.07) is 4.16. The molecule has 1 amide bonds. The van der Waals surface area contributed by atoms with Crippen LogP contribution in [0, 0.1) is 6.57 Å². The SMILES string of the molecule is [C-]#[N+]CC(=O)N1CC(c2cc(CC)c(N(C)c3cc4c(cn3)ncn4C)cn2)C1. The van der Waals surface area contributed by atoms with Crippen molar-refractivity contribution in [2.45, 2.75) is 19.3 Å². The number of aromatic nitrogens is 4. The first-order chi connectivity index (χ1) is 14.0. The molecule has 0 saturated carbocycles. The number of hydrogen-bond acceptors (Lipinski definition) is 5. The van der Waals surface area contributed by atoms with Crippen molar-refractivity contribution in [1.82, 2.24) is 24.4 Å². The van der Waals surface area contributed by atoms with Crippen LogP contribution in [0.2, 0.25) is 0 Å². The standard InChI is InChI=1S/C21H23N7O/c1-5-14-6-16(15-11-28(12-15)21(29)10-22-2)23-9-19(14)27(4)20-7-18-17(8-24-20)25-13-26(18)3/h6-9,13,15H,5,10-12H2,1,3-4H3. The molecular weight excluding hydrogens is 366 g/mol. The third-order valence-electron chi connectivity index (χ3n) is 5.54. The lowest BCUT2D eigenvalue weighted by Gasteiger charge is -2.38. The van der Waals surface area contributed by atoms with E-state index in [9.17, 15) is 4.79 Å². The van der Waals surface area contributed by atoms with Gasteiger partial charge in [0, 0.05) is 44.9 Å². The van der Waals surface area contributed by atoms with Crippen LogP contribution in [0.15, 0.2) is 30.9 Å². The normalized spacial score (nSPS) is 13.9. The summed E-state index contributed by atoms with van der Waals surface area (Å²) in [5.41, 5.74) is 5.11. The Labute approximate surface area is 169 Å². The summed E-state index contributed by atoms with van der Waals surface area (Å²) in [6.45, 7) is 10.2. The van der Waals surface area contributed by atoms with E-state index in [4.69, 9.17) is 6.57 Å². The maximum atomic E-state index is 11.8. The first-order valence-corrected chi connectivity index (χ1v) is 9.62. The minimum Gasteiger partial charge on any atom is -0.335 e. The molecule has 0 radical (unpaired) electrons. The van der Waals surface area contributed by atoms with Crippen LogP contribution >= 0.6 is 0 Å². The lowest BCUT2D eigenvalue weighted by molar-refractivity contribution is -0.133. The smallest absolute Gasteiger partial charge is 0.302 e. The van der Waals surface area contributed by atoms with Crippen LogP contribution in [0.25, 0.3) is 15.9 Å². The Kier molecular flexibility index (Phi) is 4.89. The van der Waals surface area contributed by atoms with Crippen molar-refractivity contribution in [3.05, 3.63) is 53.5 Å². The molecule has 1 aliphatic heterocycles. The number of pyridine rings is 2. The van der Waals surface area contributed by atoms with Crippen molar-refractivity contribution in [2.75, 3.05) is 31.6 Å². The van der Waals surface area contributed by atoms with Crippen LogP contribution in [-0.4, -0.2) is 57.0 Å². The molecule has 0 spiro atoms. The Balaban J connectivity index is 1.56. The van der Waals surface area contributed by atoms with Gasteiger partial charge in [0.05, 0.1) is 29.9 Å². The van der Waals surface area contributed by atoms with Crippen LogP contribution < -0.4 is 4.90 Å². The fourth-order valence-electron chi connectivity index (χ4n) is 3.68. The molecule has 3 aromatic heterocycles. The van der Waals surface area contributed by atoms with Gasteiger partial charge in [0.15, 0.2) is 0 Å². The summed E-state index contributed by atoms with van der Waals surface area (Å²) >= 11 is 0. The van der Waals surface area contributed by atoms with Crippen molar-refractivity contribution in [2.24, 2.45) is 7.05 Å². The molecule has 148 valence electrons. The molecule has 0 unspecified atom stereocenters. The molecule has 0 aromatic carbocycles. The van der Waals surface area contributed by atoms with Gasteiger partial charge in [0.2, 0.25) is 0 Å². The van der Waals surface area contributed by atoms with E-state index in [0.717, 1.165) is 34.7 Å². The molecule has 4 heterocycles. The Bertz CT molecular complexity index is 1110. The quantitative estimate of drug-likeness (QED) is 0.627. The summed E-state index contributed by atoms with van der Waals surface area (Å²) < 4.78 is 1.98. The van der Waals surface area contributed by atoms with Gasteiger partial charge in [0.25, 0.3) is 6.54 Å². The lowest BCUT2D eigenvalue weighted by atomic mass is 9.94. The summed E-state index contributed by atoms with van der Waals surface area (Å²) in [5, 5.41) is 0. The number of aryl methyl sites for hydroxylation is 2. The number of imidazole rings is 1. The van der Waals surface area contributed by atoms with E-state index in [0.29, 0.717) is 13.1 Å². The molecular formula is C21H23N7O. The van der Waals surface area contributed by atoms with Gasteiger partial charge in [0.1, 0.15) is 11.3 Å². The van der Waals surface area contributed by atoms with Gasteiger partial charge in [-0.05, 0) is 18.1 Å². The molecule has 4 rings (SSSR count). The molecule has 0 bridgehead atoms. The maximum Gasteiger partial charge on any atom is 0.302 e. The van der Waals surface area contributed by atoms with E-state index >= 15 is 0 Å². The average molecular weight is 389 g/mol. The van der Waals surface area contributed by atoms with Crippen molar-refractivity contribution in [3.63, 3.8) is 0 Å². The summed E-state index contributed by atoms with van der Waals surface area (Å²) in [7, 11) is 3.96. The Morgan fingerprint density at radius 3 is 2.79 bits per heavy atom. The van der Waals surface area contributed by atoms with E-state index in [-0.39, 0.29) is 18.4 Å². The number of amides is 1. The fourth-order valence-corrected chi connectivity index (χ4v) is 3.68. The number of fused-ring (bicyclic) bond motifs is 1. The highest BCUT2D eigenvalue weighted by molar-refractivity contribution is 5.81. The lowest BCUT2D eigenvalue weighted by Crippen LogP contribution is -2.49. The molecule has 1 saturated heterocycles. The van der Waals surface area contributed by atoms with E-state index in [1.807, 2.05) is 30.9 Å². The molecule has 0 aliphatic carbocycles. The first kappa shape index (κ1) is 18.9. The molecule has 0 N–H and O–H groups in total. The van der Waals surface area contributed by atoms with Gasteiger partial charge < -0.3 is 19.2 Å². The number of hydrogen-bond donors (Lipinski definition) is 0. The predicted octanol–water partition coefficient (Wildman–Crippen LogP) is 2.54. The number of likely N-dealkylation sites (tertiary alicyclic amines) is 1. The molecule has 8 nitrogen and oxygen atoms in total. The minimum atomic E-state index is -0.0973. The second-order valence-electron chi connectivity index (χ2n) is 7.35. The number of nitrogens with zero attached hydrogens (tertiary/aromatic N) is 7. The molecule has 8 heteroatoms. The van der Waals surface area contributed by atoms with Gasteiger partial charge in [-0.15, -0.1) is 0 Å². The third kappa shape index (κ3) is 3.40. The summed E-state index contributed by atoms with van der Waals surface area (Å²) in [5.74, 6) is 0.975. The molecule has 1 fully saturated rings. The van der Waals surface area contributed by atoms with Gasteiger partial charge in [-0.1, -0.05) is 6.92 Å². The van der Waals surface area contributed by atoms with Crippen LogP contribution in [0.4, 0.5) is 11.5 Å². The Hall–Kier alpha value is -3.47. The average Bonchev–Trinajstić information content (AvgIpc) is 3.06. The van der Waals surface area contributed by atoms with Gasteiger partial charge in [-0.25, -0.2) is 16.5 Å². The number of rotatable bonds is 5. The first-order valence-electron chi connectivity index (χ1n) is 9.62. The zero-order valence-electron chi connectivity index (χ0n) is 16.8. The monoisotopic (exact) mass is 389 g/mol. The molecule has 1 aliphatic rings. The van der Waals surface area contributed by atoms with Gasteiger partial charge in [-0.2, -0.15) is 0 Å². The topological polar surface area (TPSA) is 71.5 Å². The van der Waals surface area contributed by atoms with E-state index < -0.39 is 0 Å². The molecule has 0 atom stereocenters. The fraction of sp³-hybridized carbons (Fsp3) is 0.381. The molecule has 3 aromatic rings. The highest BCUT2D eigenvalue weighted by Gasteiger charge is 2.33. The molecule has 29 heavy (non-hydrogen) atoms. The second kappa shape index (κ2) is 7.51. The van der Waals surface area contributed by atoms with E-state index in [1.165, 1.54) is 5.56 Å². The third-order valence-corrected chi connectivity index (χ3v) is 5.54. The number of anilines is 2. The largest absolute Gasteiger partial charge is 0.335 e. The summed E-state index contributed by atoms with van der Waals surface area (Å²) in [6.07, 6.45) is 6.34. The second-order valence-corrected chi connectivity index (χ2v) is 7.35. The Morgan fingerprint density at radius 1 is 1.28 bits per heavy atom.